The molecule has 12 aromatic rings. The van der Waals surface area contributed by atoms with E-state index >= 15 is 0 Å². The lowest BCUT2D eigenvalue weighted by Gasteiger charge is -2.11. The molecule has 248 valence electrons. The van der Waals surface area contributed by atoms with E-state index in [4.69, 9.17) is 0 Å². The molecule has 0 N–H and O–H groups in total. The van der Waals surface area contributed by atoms with E-state index in [1.54, 1.807) is 0 Å². The summed E-state index contributed by atoms with van der Waals surface area (Å²) in [6.45, 7) is 0. The molecule has 0 aliphatic heterocycles. The van der Waals surface area contributed by atoms with Crippen molar-refractivity contribution in [3.63, 3.8) is 0 Å². The Morgan fingerprint density at radius 2 is 0.315 bits per heavy atom. The Labute approximate surface area is 312 Å². The second-order valence-corrected chi connectivity index (χ2v) is 15.1. The number of fused-ring (bicyclic) bond motifs is 9. The van der Waals surface area contributed by atoms with Crippen molar-refractivity contribution in [3.05, 3.63) is 194 Å². The summed E-state index contributed by atoms with van der Waals surface area (Å²) in [7, 11) is 0. The van der Waals surface area contributed by atoms with E-state index in [1.165, 1.54) is 119 Å². The third-order valence-electron chi connectivity index (χ3n) is 11.7. The fourth-order valence-corrected chi connectivity index (χ4v) is 8.85. The first-order chi connectivity index (χ1) is 26.6. The molecular formula is C54H32. The van der Waals surface area contributed by atoms with Gasteiger partial charge in [-0.25, -0.2) is 0 Å². The van der Waals surface area contributed by atoms with Gasteiger partial charge in [0.1, 0.15) is 0 Å². The average molecular weight is 681 g/mol. The number of hydrogen-bond donors (Lipinski definition) is 0. The van der Waals surface area contributed by atoms with Gasteiger partial charge in [0.2, 0.25) is 0 Å². The molecule has 0 amide bonds. The maximum atomic E-state index is 2.36. The number of hydrogen-bond acceptors (Lipinski definition) is 0. The van der Waals surface area contributed by atoms with E-state index in [9.17, 15) is 0 Å². The first-order valence-electron chi connectivity index (χ1n) is 18.8. The number of benzene rings is 12. The van der Waals surface area contributed by atoms with Crippen LogP contribution in [0.3, 0.4) is 0 Å². The standard InChI is InChI=1S/C54H32/c1-3-7-36-19-49-31-53-27-45-23-40(13-15-42(45)25-51(53)29-47(49)17-34(36)5-1)38-11-9-33-10-12-39(22-44(33)21-38)41-14-16-43-26-52-30-48-18-35-6-2-4-8-37(35)20-50(48)32-54(52)28-46(43)24-41/h1-32H. The predicted octanol–water partition coefficient (Wildman–Crippen LogP) is 15.4. The monoisotopic (exact) mass is 680 g/mol. The topological polar surface area (TPSA) is 0 Å². The predicted molar refractivity (Wildman–Crippen MR) is 235 cm³/mol. The molecule has 0 atom stereocenters. The van der Waals surface area contributed by atoms with Crippen molar-refractivity contribution < 1.29 is 0 Å². The minimum absolute atomic E-state index is 1.23. The van der Waals surface area contributed by atoms with Gasteiger partial charge in [-0.15, -0.1) is 0 Å². The zero-order valence-corrected chi connectivity index (χ0v) is 29.5. The Kier molecular flexibility index (Phi) is 6.15. The molecule has 0 heteroatoms. The van der Waals surface area contributed by atoms with Crippen LogP contribution >= 0.6 is 0 Å². The third kappa shape index (κ3) is 4.78. The maximum absolute atomic E-state index is 2.36. The van der Waals surface area contributed by atoms with Crippen molar-refractivity contribution in [2.45, 2.75) is 0 Å². The van der Waals surface area contributed by atoms with Crippen LogP contribution in [0.5, 0.6) is 0 Å². The Morgan fingerprint density at radius 3 is 0.593 bits per heavy atom. The van der Waals surface area contributed by atoms with Crippen molar-refractivity contribution >= 4 is 97.0 Å². The molecule has 0 aliphatic rings. The Bertz CT molecular complexity index is 3320. The van der Waals surface area contributed by atoms with Gasteiger partial charge < -0.3 is 0 Å². The van der Waals surface area contributed by atoms with Gasteiger partial charge in [0.15, 0.2) is 0 Å². The van der Waals surface area contributed by atoms with Crippen LogP contribution in [0.1, 0.15) is 0 Å². The summed E-state index contributed by atoms with van der Waals surface area (Å²) < 4.78 is 0. The van der Waals surface area contributed by atoms with Crippen LogP contribution in [0.25, 0.3) is 119 Å². The van der Waals surface area contributed by atoms with Crippen molar-refractivity contribution in [2.75, 3.05) is 0 Å². The van der Waals surface area contributed by atoms with Crippen LogP contribution in [0.2, 0.25) is 0 Å². The first kappa shape index (κ1) is 29.5. The van der Waals surface area contributed by atoms with Crippen LogP contribution in [0.15, 0.2) is 194 Å². The highest BCUT2D eigenvalue weighted by atomic mass is 14.1. The summed E-state index contributed by atoms with van der Waals surface area (Å²) in [5, 5.41) is 22.9. The molecule has 54 heavy (non-hydrogen) atoms. The van der Waals surface area contributed by atoms with E-state index < -0.39 is 0 Å². The summed E-state index contributed by atoms with van der Waals surface area (Å²) in [5.41, 5.74) is 4.94. The second-order valence-electron chi connectivity index (χ2n) is 15.1. The summed E-state index contributed by atoms with van der Waals surface area (Å²) in [6.07, 6.45) is 0. The van der Waals surface area contributed by atoms with Crippen LogP contribution in [-0.4, -0.2) is 0 Å². The van der Waals surface area contributed by atoms with Gasteiger partial charge >= 0.3 is 0 Å². The van der Waals surface area contributed by atoms with Crippen LogP contribution in [-0.2, 0) is 0 Å². The maximum Gasteiger partial charge on any atom is -0.0171 e. The SMILES string of the molecule is c1ccc2cc3cc4cc5cc(-c6ccc7ccc(-c8ccc9cc%10cc%11cc%12ccccc%12cc%11cc%10cc9c8)cc7c6)ccc5cc4cc3cc2c1. The van der Waals surface area contributed by atoms with Crippen molar-refractivity contribution in [1.82, 2.24) is 0 Å². The fraction of sp³-hybridized carbons (Fsp3) is 0. The lowest BCUT2D eigenvalue weighted by Crippen LogP contribution is -1.84. The quantitative estimate of drug-likeness (QED) is 0.159. The summed E-state index contributed by atoms with van der Waals surface area (Å²) in [5.74, 6) is 0. The minimum atomic E-state index is 1.23. The van der Waals surface area contributed by atoms with Crippen molar-refractivity contribution in [2.24, 2.45) is 0 Å². The zero-order chi connectivity index (χ0) is 35.3. The molecule has 0 spiro atoms. The highest BCUT2D eigenvalue weighted by molar-refractivity contribution is 6.10. The Hall–Kier alpha value is -7.02. The highest BCUT2D eigenvalue weighted by Crippen LogP contribution is 2.36. The fourth-order valence-electron chi connectivity index (χ4n) is 8.85. The molecule has 12 aromatic carbocycles. The van der Waals surface area contributed by atoms with Crippen molar-refractivity contribution in [1.29, 1.82) is 0 Å². The molecule has 0 heterocycles. The molecule has 0 aliphatic carbocycles. The smallest absolute Gasteiger partial charge is 0.0171 e. The van der Waals surface area contributed by atoms with E-state index in [0.29, 0.717) is 0 Å². The highest BCUT2D eigenvalue weighted by Gasteiger charge is 2.09. The van der Waals surface area contributed by atoms with E-state index in [-0.39, 0.29) is 0 Å². The average Bonchev–Trinajstić information content (AvgIpc) is 3.21. The molecule has 0 nitrogen and oxygen atoms in total. The summed E-state index contributed by atoms with van der Waals surface area (Å²) >= 11 is 0. The lowest BCUT2D eigenvalue weighted by atomic mass is 9.93. The van der Waals surface area contributed by atoms with Crippen molar-refractivity contribution in [3.8, 4) is 22.3 Å². The molecule has 12 rings (SSSR count). The zero-order valence-electron chi connectivity index (χ0n) is 29.5. The Morgan fingerprint density at radius 1 is 0.130 bits per heavy atom. The molecule has 0 bridgehead atoms. The number of rotatable bonds is 2. The molecule has 0 unspecified atom stereocenters. The summed E-state index contributed by atoms with van der Waals surface area (Å²) in [6, 6.07) is 72.8. The summed E-state index contributed by atoms with van der Waals surface area (Å²) in [4.78, 5) is 0. The van der Waals surface area contributed by atoms with Gasteiger partial charge in [-0.1, -0.05) is 97.1 Å². The normalized spacial score (nSPS) is 12.1. The van der Waals surface area contributed by atoms with E-state index in [0.717, 1.165) is 0 Å². The molecule has 0 aromatic heterocycles. The third-order valence-corrected chi connectivity index (χ3v) is 11.7. The molecule has 0 radical (unpaired) electrons. The Balaban J connectivity index is 0.913. The largest absolute Gasteiger partial charge is 0.0616 e. The van der Waals surface area contributed by atoms with Crippen LogP contribution < -0.4 is 0 Å². The van der Waals surface area contributed by atoms with E-state index in [2.05, 4.69) is 194 Å². The van der Waals surface area contributed by atoms with Gasteiger partial charge in [0.05, 0.1) is 0 Å². The first-order valence-corrected chi connectivity index (χ1v) is 18.8. The molecular weight excluding hydrogens is 649 g/mol. The van der Waals surface area contributed by atoms with Gasteiger partial charge in [0, 0.05) is 0 Å². The van der Waals surface area contributed by atoms with Gasteiger partial charge in [0.25, 0.3) is 0 Å². The molecule has 0 saturated carbocycles. The lowest BCUT2D eigenvalue weighted by molar-refractivity contribution is 1.66. The molecule has 0 fully saturated rings. The second kappa shape index (κ2) is 11.2. The minimum Gasteiger partial charge on any atom is -0.0616 e. The van der Waals surface area contributed by atoms with Gasteiger partial charge in [-0.05, 0) is 216 Å². The molecule has 0 saturated heterocycles. The van der Waals surface area contributed by atoms with Gasteiger partial charge in [-0.3, -0.25) is 0 Å². The van der Waals surface area contributed by atoms with Gasteiger partial charge in [-0.2, -0.15) is 0 Å². The van der Waals surface area contributed by atoms with Crippen LogP contribution in [0.4, 0.5) is 0 Å². The van der Waals surface area contributed by atoms with E-state index in [1.807, 2.05) is 0 Å². The van der Waals surface area contributed by atoms with Crippen LogP contribution in [0, 0.1) is 0 Å².